The number of rotatable bonds is 6. The van der Waals surface area contributed by atoms with Gasteiger partial charge in [-0.05, 0) is 51.0 Å². The van der Waals surface area contributed by atoms with Crippen LogP contribution in [0.1, 0.15) is 65.2 Å². The van der Waals surface area contributed by atoms with E-state index in [1.807, 2.05) is 0 Å². The van der Waals surface area contributed by atoms with Gasteiger partial charge in [-0.2, -0.15) is 0 Å². The van der Waals surface area contributed by atoms with Crippen molar-refractivity contribution >= 4 is 0 Å². The highest BCUT2D eigenvalue weighted by molar-refractivity contribution is 4.94. The first-order valence-electron chi connectivity index (χ1n) is 7.70. The van der Waals surface area contributed by atoms with Crippen LogP contribution < -0.4 is 0 Å². The number of nitrogens with zero attached hydrogens (tertiary/aromatic N) is 1. The Kier molecular flexibility index (Phi) is 4.87. The molecule has 0 radical (unpaired) electrons. The van der Waals surface area contributed by atoms with Crippen LogP contribution in [0.15, 0.2) is 0 Å². The maximum absolute atomic E-state index is 9.94. The average molecular weight is 239 g/mol. The van der Waals surface area contributed by atoms with E-state index >= 15 is 0 Å². The Hall–Kier alpha value is -0.0800. The van der Waals surface area contributed by atoms with Gasteiger partial charge in [0.1, 0.15) is 0 Å². The largest absolute Gasteiger partial charge is 0.393 e. The average Bonchev–Trinajstić information content (AvgIpc) is 3.14. The Labute approximate surface area is 106 Å². The van der Waals surface area contributed by atoms with Crippen molar-refractivity contribution in [2.75, 3.05) is 6.54 Å². The first kappa shape index (κ1) is 13.4. The van der Waals surface area contributed by atoms with E-state index in [0.717, 1.165) is 24.8 Å². The second-order valence-corrected chi connectivity index (χ2v) is 6.03. The van der Waals surface area contributed by atoms with Crippen molar-refractivity contribution in [2.24, 2.45) is 5.92 Å². The Balaban J connectivity index is 1.97. The van der Waals surface area contributed by atoms with Gasteiger partial charge in [0.15, 0.2) is 0 Å². The van der Waals surface area contributed by atoms with Crippen molar-refractivity contribution in [2.45, 2.75) is 83.4 Å². The molecule has 3 unspecified atom stereocenters. The standard InChI is InChI=1S/C15H29NO/c1-3-5-10-16(13-7-8-13)15-11-14(17)9-6-12(15)4-2/h12-15,17H,3-11H2,1-2H3. The third-order valence-electron chi connectivity index (χ3n) is 4.66. The van der Waals surface area contributed by atoms with Gasteiger partial charge in [0, 0.05) is 12.1 Å². The smallest absolute Gasteiger partial charge is 0.0555 e. The summed E-state index contributed by atoms with van der Waals surface area (Å²) in [6.45, 7) is 5.85. The van der Waals surface area contributed by atoms with Gasteiger partial charge in [-0.3, -0.25) is 4.90 Å². The predicted octanol–water partition coefficient (Wildman–Crippen LogP) is 3.19. The van der Waals surface area contributed by atoms with Crippen LogP contribution in [0.5, 0.6) is 0 Å². The first-order valence-corrected chi connectivity index (χ1v) is 7.70. The second kappa shape index (κ2) is 6.19. The molecule has 0 saturated heterocycles. The summed E-state index contributed by atoms with van der Waals surface area (Å²) in [7, 11) is 0. The van der Waals surface area contributed by atoms with Crippen molar-refractivity contribution in [3.05, 3.63) is 0 Å². The summed E-state index contributed by atoms with van der Waals surface area (Å²) in [5, 5.41) is 9.94. The van der Waals surface area contributed by atoms with E-state index in [2.05, 4.69) is 18.7 Å². The highest BCUT2D eigenvalue weighted by Crippen LogP contribution is 2.37. The SMILES string of the molecule is CCCCN(C1CC1)C1CC(O)CCC1CC. The zero-order valence-corrected chi connectivity index (χ0v) is 11.6. The molecule has 0 heterocycles. The number of hydrogen-bond acceptors (Lipinski definition) is 2. The highest BCUT2D eigenvalue weighted by Gasteiger charge is 2.39. The first-order chi connectivity index (χ1) is 8.26. The fraction of sp³-hybridized carbons (Fsp3) is 1.00. The lowest BCUT2D eigenvalue weighted by atomic mass is 9.80. The number of unbranched alkanes of at least 4 members (excludes halogenated alkanes) is 1. The van der Waals surface area contributed by atoms with Gasteiger partial charge in [0.25, 0.3) is 0 Å². The summed E-state index contributed by atoms with van der Waals surface area (Å²) in [6, 6.07) is 1.52. The van der Waals surface area contributed by atoms with Crippen LogP contribution in [0, 0.1) is 5.92 Å². The maximum atomic E-state index is 9.94. The summed E-state index contributed by atoms with van der Waals surface area (Å²) >= 11 is 0. The summed E-state index contributed by atoms with van der Waals surface area (Å²) in [5.74, 6) is 0.829. The molecule has 1 N–H and O–H groups in total. The molecule has 2 aliphatic rings. The number of hydrogen-bond donors (Lipinski definition) is 1. The number of aliphatic hydroxyl groups is 1. The van der Waals surface area contributed by atoms with Crippen molar-refractivity contribution in [1.29, 1.82) is 0 Å². The minimum Gasteiger partial charge on any atom is -0.393 e. The van der Waals surface area contributed by atoms with E-state index < -0.39 is 0 Å². The molecule has 2 aliphatic carbocycles. The van der Waals surface area contributed by atoms with Crippen molar-refractivity contribution in [1.82, 2.24) is 4.90 Å². The van der Waals surface area contributed by atoms with Crippen LogP contribution in [-0.4, -0.2) is 34.7 Å². The molecule has 2 saturated carbocycles. The fourth-order valence-electron chi connectivity index (χ4n) is 3.44. The minimum atomic E-state index is -0.0364. The normalized spacial score (nSPS) is 34.2. The van der Waals surface area contributed by atoms with E-state index in [1.165, 1.54) is 45.1 Å². The van der Waals surface area contributed by atoms with E-state index in [9.17, 15) is 5.11 Å². The minimum absolute atomic E-state index is 0.0364. The molecule has 0 spiro atoms. The Morgan fingerprint density at radius 3 is 2.47 bits per heavy atom. The lowest BCUT2D eigenvalue weighted by Gasteiger charge is -2.42. The molecule has 2 rings (SSSR count). The molecular weight excluding hydrogens is 210 g/mol. The maximum Gasteiger partial charge on any atom is 0.0555 e. The van der Waals surface area contributed by atoms with Crippen molar-refractivity contribution in [3.63, 3.8) is 0 Å². The highest BCUT2D eigenvalue weighted by atomic mass is 16.3. The Morgan fingerprint density at radius 1 is 1.12 bits per heavy atom. The number of aliphatic hydroxyl groups excluding tert-OH is 1. The van der Waals surface area contributed by atoms with E-state index in [-0.39, 0.29) is 6.10 Å². The molecule has 0 aromatic rings. The van der Waals surface area contributed by atoms with Gasteiger partial charge < -0.3 is 5.11 Å². The summed E-state index contributed by atoms with van der Waals surface area (Å²) in [4.78, 5) is 2.75. The summed E-state index contributed by atoms with van der Waals surface area (Å²) < 4.78 is 0. The lowest BCUT2D eigenvalue weighted by molar-refractivity contribution is 0.0209. The molecule has 0 aliphatic heterocycles. The summed E-state index contributed by atoms with van der Waals surface area (Å²) in [6.07, 6.45) is 9.93. The van der Waals surface area contributed by atoms with Crippen LogP contribution in [0.3, 0.4) is 0 Å². The molecule has 2 heteroatoms. The van der Waals surface area contributed by atoms with Gasteiger partial charge >= 0.3 is 0 Å². The van der Waals surface area contributed by atoms with Gasteiger partial charge in [-0.15, -0.1) is 0 Å². The van der Waals surface area contributed by atoms with Crippen molar-refractivity contribution in [3.8, 4) is 0 Å². The van der Waals surface area contributed by atoms with Gasteiger partial charge in [-0.1, -0.05) is 26.7 Å². The van der Waals surface area contributed by atoms with Crippen LogP contribution >= 0.6 is 0 Å². The van der Waals surface area contributed by atoms with E-state index in [4.69, 9.17) is 0 Å². The molecule has 17 heavy (non-hydrogen) atoms. The third-order valence-corrected chi connectivity index (χ3v) is 4.66. The molecule has 0 bridgehead atoms. The van der Waals surface area contributed by atoms with E-state index in [1.54, 1.807) is 0 Å². The van der Waals surface area contributed by atoms with Crippen LogP contribution in [0.2, 0.25) is 0 Å². The zero-order valence-electron chi connectivity index (χ0n) is 11.6. The molecule has 2 nitrogen and oxygen atoms in total. The topological polar surface area (TPSA) is 23.5 Å². The van der Waals surface area contributed by atoms with Crippen LogP contribution in [0.4, 0.5) is 0 Å². The Bertz CT molecular complexity index is 227. The molecule has 3 atom stereocenters. The second-order valence-electron chi connectivity index (χ2n) is 6.03. The zero-order chi connectivity index (χ0) is 12.3. The molecule has 100 valence electrons. The van der Waals surface area contributed by atoms with Crippen LogP contribution in [-0.2, 0) is 0 Å². The van der Waals surface area contributed by atoms with E-state index in [0.29, 0.717) is 6.04 Å². The fourth-order valence-corrected chi connectivity index (χ4v) is 3.44. The monoisotopic (exact) mass is 239 g/mol. The predicted molar refractivity (Wildman–Crippen MR) is 72.1 cm³/mol. The molecular formula is C15H29NO. The van der Waals surface area contributed by atoms with Crippen LogP contribution in [0.25, 0.3) is 0 Å². The van der Waals surface area contributed by atoms with Gasteiger partial charge in [-0.25, -0.2) is 0 Å². The molecule has 2 fully saturated rings. The van der Waals surface area contributed by atoms with Gasteiger partial charge in [0.05, 0.1) is 6.10 Å². The third kappa shape index (κ3) is 3.45. The quantitative estimate of drug-likeness (QED) is 0.769. The van der Waals surface area contributed by atoms with Gasteiger partial charge in [0.2, 0.25) is 0 Å². The van der Waals surface area contributed by atoms with Crippen molar-refractivity contribution < 1.29 is 5.11 Å². The molecule has 0 aromatic heterocycles. The molecule has 0 aromatic carbocycles. The lowest BCUT2D eigenvalue weighted by Crippen LogP contribution is -2.47. The summed E-state index contributed by atoms with van der Waals surface area (Å²) in [5.41, 5.74) is 0. The Morgan fingerprint density at radius 2 is 1.88 bits per heavy atom. The molecule has 0 amide bonds.